The number of benzene rings is 1. The Hall–Kier alpha value is -2.15. The number of nitrogens with zero attached hydrogens (tertiary/aromatic N) is 2. The molecule has 1 aromatic carbocycles. The van der Waals surface area contributed by atoms with E-state index < -0.39 is 16.6 Å². The van der Waals surface area contributed by atoms with Crippen molar-refractivity contribution in [1.82, 2.24) is 0 Å². The van der Waals surface area contributed by atoms with Gasteiger partial charge in [0, 0.05) is 18.3 Å². The van der Waals surface area contributed by atoms with E-state index in [0.29, 0.717) is 25.4 Å². The first-order valence-corrected chi connectivity index (χ1v) is 6.20. The highest BCUT2D eigenvalue weighted by Crippen LogP contribution is 2.31. The maximum Gasteiger partial charge on any atom is 0.342 e. The van der Waals surface area contributed by atoms with E-state index in [1.54, 1.807) is 6.07 Å². The van der Waals surface area contributed by atoms with Gasteiger partial charge in [-0.1, -0.05) is 0 Å². The molecule has 20 heavy (non-hydrogen) atoms. The Kier molecular flexibility index (Phi) is 3.63. The predicted octanol–water partition coefficient (Wildman–Crippen LogP) is 1.91. The van der Waals surface area contributed by atoms with Crippen molar-refractivity contribution in [2.24, 2.45) is 0 Å². The first-order chi connectivity index (χ1) is 9.33. The fourth-order valence-electron chi connectivity index (χ4n) is 2.36. The zero-order valence-electron chi connectivity index (χ0n) is 11.3. The Morgan fingerprint density at radius 1 is 1.50 bits per heavy atom. The molecule has 1 fully saturated rings. The summed E-state index contributed by atoms with van der Waals surface area (Å²) in [5.74, 6) is -1.30. The highest BCUT2D eigenvalue weighted by Gasteiger charge is 2.32. The smallest absolute Gasteiger partial charge is 0.342 e. The van der Waals surface area contributed by atoms with Crippen LogP contribution in [-0.2, 0) is 4.74 Å². The highest BCUT2D eigenvalue weighted by atomic mass is 16.6. The van der Waals surface area contributed by atoms with E-state index >= 15 is 0 Å². The van der Waals surface area contributed by atoms with E-state index in [0.717, 1.165) is 0 Å². The molecule has 0 bridgehead atoms. The van der Waals surface area contributed by atoms with Crippen LogP contribution in [-0.4, -0.2) is 41.3 Å². The van der Waals surface area contributed by atoms with Crippen LogP contribution in [0.4, 0.5) is 11.4 Å². The van der Waals surface area contributed by atoms with Gasteiger partial charge in [0.25, 0.3) is 5.69 Å². The number of nitro benzene ring substituents is 1. The molecular formula is C13H16N2O5. The molecule has 0 aliphatic carbocycles. The van der Waals surface area contributed by atoms with Crippen LogP contribution in [0.2, 0.25) is 0 Å². The first-order valence-electron chi connectivity index (χ1n) is 6.20. The third-order valence-corrected chi connectivity index (χ3v) is 3.37. The SMILES string of the molecule is CC1(C)COCCN1c1ccc(C(=O)O)c([N+](=O)[O-])c1. The average Bonchev–Trinajstić information content (AvgIpc) is 2.37. The first kappa shape index (κ1) is 14.3. The molecule has 7 nitrogen and oxygen atoms in total. The molecule has 1 aliphatic heterocycles. The molecule has 0 amide bonds. The fourth-order valence-corrected chi connectivity index (χ4v) is 2.36. The van der Waals surface area contributed by atoms with Crippen LogP contribution >= 0.6 is 0 Å². The fraction of sp³-hybridized carbons (Fsp3) is 0.462. The van der Waals surface area contributed by atoms with Crippen LogP contribution in [0.3, 0.4) is 0 Å². The van der Waals surface area contributed by atoms with Gasteiger partial charge < -0.3 is 14.7 Å². The maximum atomic E-state index is 11.0. The Bertz CT molecular complexity index is 556. The summed E-state index contributed by atoms with van der Waals surface area (Å²) < 4.78 is 5.41. The van der Waals surface area contributed by atoms with Crippen molar-refractivity contribution in [3.63, 3.8) is 0 Å². The zero-order chi connectivity index (χ0) is 14.9. The predicted molar refractivity (Wildman–Crippen MR) is 72.3 cm³/mol. The van der Waals surface area contributed by atoms with Gasteiger partial charge in [0.2, 0.25) is 0 Å². The van der Waals surface area contributed by atoms with Crippen molar-refractivity contribution >= 4 is 17.3 Å². The third-order valence-electron chi connectivity index (χ3n) is 3.37. The average molecular weight is 280 g/mol. The summed E-state index contributed by atoms with van der Waals surface area (Å²) in [7, 11) is 0. The normalized spacial score (nSPS) is 17.8. The van der Waals surface area contributed by atoms with E-state index in [-0.39, 0.29) is 11.1 Å². The van der Waals surface area contributed by atoms with Crippen LogP contribution in [0.25, 0.3) is 0 Å². The van der Waals surface area contributed by atoms with Crippen molar-refractivity contribution in [3.8, 4) is 0 Å². The number of carboxylic acids is 1. The largest absolute Gasteiger partial charge is 0.477 e. The molecule has 1 aromatic rings. The number of carbonyl (C=O) groups is 1. The Labute approximate surface area is 115 Å². The number of carboxylic acid groups (broad SMARTS) is 1. The third kappa shape index (κ3) is 2.57. The number of anilines is 1. The molecule has 0 aromatic heterocycles. The molecule has 1 aliphatic rings. The van der Waals surface area contributed by atoms with Crippen molar-refractivity contribution < 1.29 is 19.6 Å². The van der Waals surface area contributed by atoms with E-state index in [1.807, 2.05) is 18.7 Å². The number of aromatic carboxylic acids is 1. The maximum absolute atomic E-state index is 11.0. The second kappa shape index (κ2) is 5.09. The summed E-state index contributed by atoms with van der Waals surface area (Å²) in [4.78, 5) is 23.4. The number of ether oxygens (including phenoxy) is 1. The number of nitro groups is 1. The number of hydrogen-bond acceptors (Lipinski definition) is 5. The van der Waals surface area contributed by atoms with E-state index in [2.05, 4.69) is 0 Å². The quantitative estimate of drug-likeness (QED) is 0.671. The van der Waals surface area contributed by atoms with Crippen LogP contribution < -0.4 is 4.90 Å². The van der Waals surface area contributed by atoms with E-state index in [9.17, 15) is 14.9 Å². The van der Waals surface area contributed by atoms with Gasteiger partial charge in [0.1, 0.15) is 5.56 Å². The standard InChI is InChI=1S/C13H16N2O5/c1-13(2)8-20-6-5-14(13)9-3-4-10(12(16)17)11(7-9)15(18)19/h3-4,7H,5-6,8H2,1-2H3,(H,16,17). The molecule has 2 rings (SSSR count). The molecule has 0 spiro atoms. The molecular weight excluding hydrogens is 264 g/mol. The van der Waals surface area contributed by atoms with Crippen LogP contribution in [0.1, 0.15) is 24.2 Å². The summed E-state index contributed by atoms with van der Waals surface area (Å²) >= 11 is 0. The second-order valence-corrected chi connectivity index (χ2v) is 5.28. The lowest BCUT2D eigenvalue weighted by Gasteiger charge is -2.43. The lowest BCUT2D eigenvalue weighted by Crippen LogP contribution is -2.53. The summed E-state index contributed by atoms with van der Waals surface area (Å²) in [6.45, 7) is 5.61. The van der Waals surface area contributed by atoms with Crippen molar-refractivity contribution in [2.75, 3.05) is 24.7 Å². The van der Waals surface area contributed by atoms with E-state index in [4.69, 9.17) is 9.84 Å². The van der Waals surface area contributed by atoms with Gasteiger partial charge in [0.05, 0.1) is 23.7 Å². The van der Waals surface area contributed by atoms with Crippen molar-refractivity contribution in [2.45, 2.75) is 19.4 Å². The van der Waals surface area contributed by atoms with Gasteiger partial charge in [0.15, 0.2) is 0 Å². The van der Waals surface area contributed by atoms with Gasteiger partial charge >= 0.3 is 5.97 Å². The second-order valence-electron chi connectivity index (χ2n) is 5.28. The summed E-state index contributed by atoms with van der Waals surface area (Å²) in [5, 5.41) is 20.0. The summed E-state index contributed by atoms with van der Waals surface area (Å²) in [6.07, 6.45) is 0. The Balaban J connectivity index is 2.45. The number of rotatable bonds is 3. The molecule has 0 saturated carbocycles. The van der Waals surface area contributed by atoms with Crippen molar-refractivity contribution in [3.05, 3.63) is 33.9 Å². The Morgan fingerprint density at radius 2 is 2.20 bits per heavy atom. The van der Waals surface area contributed by atoms with E-state index in [1.165, 1.54) is 12.1 Å². The molecule has 1 N–H and O–H groups in total. The zero-order valence-corrected chi connectivity index (χ0v) is 11.3. The Morgan fingerprint density at radius 3 is 2.75 bits per heavy atom. The van der Waals surface area contributed by atoms with Crippen LogP contribution in [0.15, 0.2) is 18.2 Å². The van der Waals surface area contributed by atoms with Gasteiger partial charge in [-0.3, -0.25) is 10.1 Å². The van der Waals surface area contributed by atoms with Crippen LogP contribution in [0, 0.1) is 10.1 Å². The monoisotopic (exact) mass is 280 g/mol. The molecule has 0 atom stereocenters. The van der Waals surface area contributed by atoms with Gasteiger partial charge in [-0.25, -0.2) is 4.79 Å². The lowest BCUT2D eigenvalue weighted by atomic mass is 10.0. The minimum Gasteiger partial charge on any atom is -0.477 e. The molecule has 0 unspecified atom stereocenters. The summed E-state index contributed by atoms with van der Waals surface area (Å²) in [5.41, 5.74) is -0.353. The molecule has 1 heterocycles. The molecule has 7 heteroatoms. The minimum absolute atomic E-state index is 0.295. The molecule has 108 valence electrons. The molecule has 1 saturated heterocycles. The molecule has 0 radical (unpaired) electrons. The van der Waals surface area contributed by atoms with Gasteiger partial charge in [-0.2, -0.15) is 0 Å². The number of hydrogen-bond donors (Lipinski definition) is 1. The highest BCUT2D eigenvalue weighted by molar-refractivity contribution is 5.93. The van der Waals surface area contributed by atoms with Gasteiger partial charge in [-0.15, -0.1) is 0 Å². The topological polar surface area (TPSA) is 92.9 Å². The van der Waals surface area contributed by atoms with Crippen molar-refractivity contribution in [1.29, 1.82) is 0 Å². The van der Waals surface area contributed by atoms with Gasteiger partial charge in [-0.05, 0) is 26.0 Å². The number of morpholine rings is 1. The summed E-state index contributed by atoms with van der Waals surface area (Å²) in [6, 6.07) is 4.20. The lowest BCUT2D eigenvalue weighted by molar-refractivity contribution is -0.385. The minimum atomic E-state index is -1.30. The van der Waals surface area contributed by atoms with Crippen LogP contribution in [0.5, 0.6) is 0 Å².